The number of hydrogen-bond acceptors (Lipinski definition) is 6. The minimum atomic E-state index is -0.0296. The number of carbonyl (C=O) groups is 1. The summed E-state index contributed by atoms with van der Waals surface area (Å²) in [6.07, 6.45) is 8.21. The van der Waals surface area contributed by atoms with Crippen molar-refractivity contribution in [3.63, 3.8) is 0 Å². The van der Waals surface area contributed by atoms with E-state index in [2.05, 4.69) is 57.6 Å². The lowest BCUT2D eigenvalue weighted by Gasteiger charge is -2.46. The molecule has 2 aromatic rings. The van der Waals surface area contributed by atoms with Crippen molar-refractivity contribution in [2.45, 2.75) is 56.7 Å². The summed E-state index contributed by atoms with van der Waals surface area (Å²) < 4.78 is 12.0. The Kier molecular flexibility index (Phi) is 7.89. The molecule has 3 atom stereocenters. The third-order valence-corrected chi connectivity index (χ3v) is 8.05. The second-order valence-corrected chi connectivity index (χ2v) is 10.3. The van der Waals surface area contributed by atoms with Gasteiger partial charge in [0.15, 0.2) is 11.5 Å². The Morgan fingerprint density at radius 1 is 1.06 bits per heavy atom. The molecule has 1 N–H and O–H groups in total. The van der Waals surface area contributed by atoms with Gasteiger partial charge in [-0.15, -0.1) is 0 Å². The fraction of sp³-hybridized carbons (Fsp3) is 0.552. The van der Waals surface area contributed by atoms with Crippen molar-refractivity contribution in [1.82, 2.24) is 10.2 Å². The first-order valence-corrected chi connectivity index (χ1v) is 13.3. The maximum absolute atomic E-state index is 12.3. The highest BCUT2D eigenvalue weighted by molar-refractivity contribution is 5.60. The lowest BCUT2D eigenvalue weighted by molar-refractivity contribution is -0.115. The molecular weight excluding hydrogens is 438 g/mol. The number of methoxy groups -OCH3 is 1. The monoisotopic (exact) mass is 477 g/mol. The maximum Gasteiger partial charge on any atom is 0.163 e. The van der Waals surface area contributed by atoms with E-state index in [1.807, 2.05) is 6.07 Å². The average Bonchev–Trinajstić information content (AvgIpc) is 3.61. The van der Waals surface area contributed by atoms with Gasteiger partial charge in [0.2, 0.25) is 0 Å². The van der Waals surface area contributed by atoms with E-state index >= 15 is 0 Å². The van der Waals surface area contributed by atoms with E-state index in [0.717, 1.165) is 69.9 Å². The Balaban J connectivity index is 1.37. The Bertz CT molecular complexity index is 957. The molecule has 0 radical (unpaired) electrons. The smallest absolute Gasteiger partial charge is 0.163 e. The quantitative estimate of drug-likeness (QED) is 0.553. The van der Waals surface area contributed by atoms with E-state index < -0.39 is 0 Å². The van der Waals surface area contributed by atoms with Gasteiger partial charge < -0.3 is 24.5 Å². The number of carbonyl (C=O) groups excluding carboxylic acids is 1. The molecule has 1 aliphatic carbocycles. The van der Waals surface area contributed by atoms with Crippen LogP contribution >= 0.6 is 0 Å². The van der Waals surface area contributed by atoms with E-state index in [1.54, 1.807) is 7.11 Å². The molecule has 0 spiro atoms. The number of nitrogens with zero attached hydrogens (tertiary/aromatic N) is 2. The van der Waals surface area contributed by atoms with Crippen LogP contribution in [0.2, 0.25) is 0 Å². The summed E-state index contributed by atoms with van der Waals surface area (Å²) in [5.41, 5.74) is 2.49. The van der Waals surface area contributed by atoms with Crippen LogP contribution in [0.1, 0.15) is 37.7 Å². The molecule has 3 aliphatic rings. The topological polar surface area (TPSA) is 54.0 Å². The maximum atomic E-state index is 12.3. The minimum Gasteiger partial charge on any atom is -0.493 e. The van der Waals surface area contributed by atoms with Crippen molar-refractivity contribution in [2.75, 3.05) is 44.7 Å². The second kappa shape index (κ2) is 11.4. The number of rotatable bonds is 9. The number of nitrogens with one attached hydrogen (secondary N) is 1. The molecule has 3 fully saturated rings. The van der Waals surface area contributed by atoms with Crippen molar-refractivity contribution >= 4 is 12.0 Å². The molecule has 35 heavy (non-hydrogen) atoms. The van der Waals surface area contributed by atoms with E-state index in [-0.39, 0.29) is 18.2 Å². The standard InChI is InChI=1S/C29H39N3O3/c1-34-28-12-11-24(18-29(28)35-26-9-5-6-10-26)31-15-16-32(27(21-33)23-13-14-30-19-23)25(20-31)17-22-7-3-2-4-8-22/h2-4,7-8,11-12,18,21,23,25-27,30H,5-6,9-10,13-17,19-20H2,1H3/t23-,25-,27?/m0/s1. The predicted octanol–water partition coefficient (Wildman–Crippen LogP) is 3.93. The Morgan fingerprint density at radius 2 is 1.89 bits per heavy atom. The van der Waals surface area contributed by atoms with Crippen LogP contribution in [0.5, 0.6) is 11.5 Å². The Hall–Kier alpha value is -2.57. The number of benzene rings is 2. The summed E-state index contributed by atoms with van der Waals surface area (Å²) in [7, 11) is 1.71. The molecule has 188 valence electrons. The highest BCUT2D eigenvalue weighted by Crippen LogP contribution is 2.36. The lowest BCUT2D eigenvalue weighted by atomic mass is 9.93. The minimum absolute atomic E-state index is 0.0296. The lowest BCUT2D eigenvalue weighted by Crippen LogP contribution is -2.59. The average molecular weight is 478 g/mol. The molecule has 0 bridgehead atoms. The van der Waals surface area contributed by atoms with Gasteiger partial charge in [-0.1, -0.05) is 30.3 Å². The zero-order valence-electron chi connectivity index (χ0n) is 20.9. The first-order valence-electron chi connectivity index (χ1n) is 13.3. The molecular formula is C29H39N3O3. The van der Waals surface area contributed by atoms with Gasteiger partial charge >= 0.3 is 0 Å². The summed E-state index contributed by atoms with van der Waals surface area (Å²) >= 11 is 0. The Morgan fingerprint density at radius 3 is 2.60 bits per heavy atom. The van der Waals surface area contributed by atoms with E-state index in [4.69, 9.17) is 9.47 Å². The summed E-state index contributed by atoms with van der Waals surface area (Å²) in [6, 6.07) is 17.3. The van der Waals surface area contributed by atoms with E-state index in [1.165, 1.54) is 30.4 Å². The van der Waals surface area contributed by atoms with Gasteiger partial charge in [-0.25, -0.2) is 0 Å². The van der Waals surface area contributed by atoms with Crippen molar-refractivity contribution < 1.29 is 14.3 Å². The fourth-order valence-corrected chi connectivity index (χ4v) is 6.13. The number of piperazine rings is 1. The summed E-state index contributed by atoms with van der Waals surface area (Å²) in [5, 5.41) is 3.45. The van der Waals surface area contributed by atoms with Gasteiger partial charge in [0.05, 0.1) is 19.3 Å². The molecule has 5 rings (SSSR count). The van der Waals surface area contributed by atoms with Crippen LogP contribution in [0.4, 0.5) is 5.69 Å². The van der Waals surface area contributed by atoms with E-state index in [0.29, 0.717) is 5.92 Å². The normalized spacial score (nSPS) is 24.4. The molecule has 6 nitrogen and oxygen atoms in total. The number of hydrogen-bond donors (Lipinski definition) is 1. The number of ether oxygens (including phenoxy) is 2. The van der Waals surface area contributed by atoms with Crippen molar-refractivity contribution in [1.29, 1.82) is 0 Å². The molecule has 6 heteroatoms. The first-order chi connectivity index (χ1) is 17.2. The molecule has 2 aliphatic heterocycles. The van der Waals surface area contributed by atoms with Gasteiger partial charge in [0.25, 0.3) is 0 Å². The molecule has 2 saturated heterocycles. The van der Waals surface area contributed by atoms with Gasteiger partial charge in [0.1, 0.15) is 6.29 Å². The zero-order valence-corrected chi connectivity index (χ0v) is 20.9. The molecule has 2 heterocycles. The molecule has 1 saturated carbocycles. The summed E-state index contributed by atoms with van der Waals surface area (Å²) in [4.78, 5) is 17.2. The van der Waals surface area contributed by atoms with Crippen LogP contribution in [-0.4, -0.2) is 69.2 Å². The fourth-order valence-electron chi connectivity index (χ4n) is 6.13. The van der Waals surface area contributed by atoms with Gasteiger partial charge in [0, 0.05) is 37.4 Å². The number of anilines is 1. The van der Waals surface area contributed by atoms with E-state index in [9.17, 15) is 4.79 Å². The molecule has 1 unspecified atom stereocenters. The van der Waals surface area contributed by atoms with Crippen LogP contribution in [0, 0.1) is 5.92 Å². The number of aldehydes is 1. The van der Waals surface area contributed by atoms with Crippen LogP contribution in [0.15, 0.2) is 48.5 Å². The molecule has 2 aromatic carbocycles. The SMILES string of the molecule is COc1ccc(N2CCN(C(C=O)[C@H]3CCNC3)[C@@H](Cc3ccccc3)C2)cc1OC1CCCC1. The van der Waals surface area contributed by atoms with Crippen LogP contribution < -0.4 is 19.7 Å². The highest BCUT2D eigenvalue weighted by Gasteiger charge is 2.37. The zero-order chi connectivity index (χ0) is 24.0. The van der Waals surface area contributed by atoms with Gasteiger partial charge in [-0.2, -0.15) is 0 Å². The summed E-state index contributed by atoms with van der Waals surface area (Å²) in [5.74, 6) is 2.04. The van der Waals surface area contributed by atoms with Crippen molar-refractivity contribution in [3.05, 3.63) is 54.1 Å². The highest BCUT2D eigenvalue weighted by atomic mass is 16.5. The van der Waals surface area contributed by atoms with Crippen LogP contribution in [0.25, 0.3) is 0 Å². The van der Waals surface area contributed by atoms with Gasteiger partial charge in [-0.3, -0.25) is 4.90 Å². The largest absolute Gasteiger partial charge is 0.493 e. The Labute approximate surface area is 209 Å². The second-order valence-electron chi connectivity index (χ2n) is 10.3. The molecule has 0 amide bonds. The third-order valence-electron chi connectivity index (χ3n) is 8.05. The van der Waals surface area contributed by atoms with Crippen LogP contribution in [0.3, 0.4) is 0 Å². The molecule has 0 aromatic heterocycles. The van der Waals surface area contributed by atoms with Crippen LogP contribution in [-0.2, 0) is 11.2 Å². The predicted molar refractivity (Wildman–Crippen MR) is 140 cm³/mol. The van der Waals surface area contributed by atoms with Crippen molar-refractivity contribution in [3.8, 4) is 11.5 Å². The first kappa shape index (κ1) is 24.1. The van der Waals surface area contributed by atoms with Gasteiger partial charge in [-0.05, 0) is 75.2 Å². The summed E-state index contributed by atoms with van der Waals surface area (Å²) in [6.45, 7) is 4.60. The third kappa shape index (κ3) is 5.65. The van der Waals surface area contributed by atoms with Crippen molar-refractivity contribution in [2.24, 2.45) is 5.92 Å².